The SMILES string of the molecule is CCCCCCOc1ccccc1C(=O)NC(=S)Nc1ccc(C(N)=O)cc1. The summed E-state index contributed by atoms with van der Waals surface area (Å²) in [6.45, 7) is 2.72. The van der Waals surface area contributed by atoms with Crippen LogP contribution in [0, 0.1) is 0 Å². The molecule has 0 radical (unpaired) electrons. The summed E-state index contributed by atoms with van der Waals surface area (Å²) in [5.41, 5.74) is 6.67. The van der Waals surface area contributed by atoms with Crippen molar-refractivity contribution in [1.82, 2.24) is 5.32 Å². The number of carbonyl (C=O) groups is 2. The smallest absolute Gasteiger partial charge is 0.261 e. The summed E-state index contributed by atoms with van der Waals surface area (Å²) in [6.07, 6.45) is 4.39. The zero-order valence-corrected chi connectivity index (χ0v) is 16.7. The second-order valence-electron chi connectivity index (χ2n) is 6.26. The van der Waals surface area contributed by atoms with E-state index < -0.39 is 5.91 Å². The Labute approximate surface area is 170 Å². The number of carbonyl (C=O) groups excluding carboxylic acids is 2. The number of rotatable bonds is 9. The van der Waals surface area contributed by atoms with E-state index in [0.717, 1.165) is 19.3 Å². The molecule has 7 heteroatoms. The van der Waals surface area contributed by atoms with Crippen molar-refractivity contribution in [3.8, 4) is 5.75 Å². The predicted octanol–water partition coefficient (Wildman–Crippen LogP) is 3.87. The molecule has 2 amide bonds. The molecule has 2 aromatic rings. The molecule has 0 spiro atoms. The first-order valence-electron chi connectivity index (χ1n) is 9.25. The van der Waals surface area contributed by atoms with Crippen molar-refractivity contribution in [2.45, 2.75) is 32.6 Å². The standard InChI is InChI=1S/C21H25N3O3S/c1-2-3-4-7-14-27-18-9-6-5-8-17(18)20(26)24-21(28)23-16-12-10-15(11-13-16)19(22)25/h5-6,8-13H,2-4,7,14H2,1H3,(H2,22,25)(H2,23,24,26,28). The normalized spacial score (nSPS) is 10.2. The molecule has 6 nitrogen and oxygen atoms in total. The average Bonchev–Trinajstić information content (AvgIpc) is 2.68. The lowest BCUT2D eigenvalue weighted by Crippen LogP contribution is -2.34. The van der Waals surface area contributed by atoms with Gasteiger partial charge in [-0.25, -0.2) is 0 Å². The minimum absolute atomic E-state index is 0.148. The van der Waals surface area contributed by atoms with E-state index in [1.807, 2.05) is 6.07 Å². The largest absolute Gasteiger partial charge is 0.493 e. The van der Waals surface area contributed by atoms with E-state index in [4.69, 9.17) is 22.7 Å². The van der Waals surface area contributed by atoms with E-state index in [-0.39, 0.29) is 11.0 Å². The molecule has 0 aliphatic carbocycles. The fraction of sp³-hybridized carbons (Fsp3) is 0.286. The topological polar surface area (TPSA) is 93.4 Å². The first kappa shape index (κ1) is 21.4. The van der Waals surface area contributed by atoms with Crippen molar-refractivity contribution in [3.05, 3.63) is 59.7 Å². The molecular formula is C21H25N3O3S. The lowest BCUT2D eigenvalue weighted by atomic mass is 10.2. The van der Waals surface area contributed by atoms with Crippen LogP contribution in [0.15, 0.2) is 48.5 Å². The van der Waals surface area contributed by atoms with E-state index in [2.05, 4.69) is 17.6 Å². The van der Waals surface area contributed by atoms with Crippen LogP contribution in [-0.2, 0) is 0 Å². The molecule has 28 heavy (non-hydrogen) atoms. The van der Waals surface area contributed by atoms with Gasteiger partial charge in [-0.3, -0.25) is 14.9 Å². The maximum Gasteiger partial charge on any atom is 0.261 e. The highest BCUT2D eigenvalue weighted by Crippen LogP contribution is 2.18. The zero-order chi connectivity index (χ0) is 20.4. The highest BCUT2D eigenvalue weighted by Gasteiger charge is 2.13. The molecule has 2 aromatic carbocycles. The van der Waals surface area contributed by atoms with Gasteiger partial charge in [0.1, 0.15) is 5.75 Å². The van der Waals surface area contributed by atoms with Gasteiger partial charge in [0, 0.05) is 11.3 Å². The summed E-state index contributed by atoms with van der Waals surface area (Å²) in [7, 11) is 0. The molecule has 2 rings (SSSR count). The third kappa shape index (κ3) is 6.66. The number of amides is 2. The van der Waals surface area contributed by atoms with Crippen molar-refractivity contribution in [2.24, 2.45) is 5.73 Å². The minimum atomic E-state index is -0.506. The number of primary amides is 1. The summed E-state index contributed by atoms with van der Waals surface area (Å²) in [5, 5.41) is 5.69. The highest BCUT2D eigenvalue weighted by atomic mass is 32.1. The molecule has 0 bridgehead atoms. The predicted molar refractivity (Wildman–Crippen MR) is 115 cm³/mol. The van der Waals surface area contributed by atoms with Gasteiger partial charge in [-0.05, 0) is 55.0 Å². The van der Waals surface area contributed by atoms with E-state index in [1.54, 1.807) is 42.5 Å². The van der Waals surface area contributed by atoms with Gasteiger partial charge in [0.2, 0.25) is 5.91 Å². The average molecular weight is 400 g/mol. The van der Waals surface area contributed by atoms with Crippen molar-refractivity contribution in [2.75, 3.05) is 11.9 Å². The summed E-state index contributed by atoms with van der Waals surface area (Å²) < 4.78 is 5.77. The highest BCUT2D eigenvalue weighted by molar-refractivity contribution is 7.80. The van der Waals surface area contributed by atoms with Gasteiger partial charge in [-0.1, -0.05) is 38.3 Å². The van der Waals surface area contributed by atoms with Crippen LogP contribution in [0.5, 0.6) is 5.75 Å². The van der Waals surface area contributed by atoms with Gasteiger partial charge >= 0.3 is 0 Å². The number of ether oxygens (including phenoxy) is 1. The molecule has 0 aliphatic rings. The summed E-state index contributed by atoms with van der Waals surface area (Å²) in [4.78, 5) is 23.7. The second-order valence-corrected chi connectivity index (χ2v) is 6.66. The quantitative estimate of drug-likeness (QED) is 0.440. The maximum atomic E-state index is 12.6. The fourth-order valence-electron chi connectivity index (χ4n) is 2.54. The van der Waals surface area contributed by atoms with Gasteiger partial charge in [0.05, 0.1) is 12.2 Å². The zero-order valence-electron chi connectivity index (χ0n) is 15.9. The Morgan fingerprint density at radius 2 is 1.75 bits per heavy atom. The number of thiocarbonyl (C=S) groups is 1. The number of hydrogen-bond donors (Lipinski definition) is 3. The molecule has 0 saturated carbocycles. The van der Waals surface area contributed by atoms with Crippen LogP contribution in [0.3, 0.4) is 0 Å². The second kappa shape index (κ2) is 11.0. The third-order valence-corrected chi connectivity index (χ3v) is 4.25. The van der Waals surface area contributed by atoms with E-state index in [0.29, 0.717) is 29.2 Å². The summed E-state index contributed by atoms with van der Waals surface area (Å²) >= 11 is 5.20. The molecule has 0 atom stereocenters. The molecule has 4 N–H and O–H groups in total. The van der Waals surface area contributed by atoms with E-state index >= 15 is 0 Å². The summed E-state index contributed by atoms with van der Waals surface area (Å²) in [6, 6.07) is 13.5. The number of para-hydroxylation sites is 1. The Balaban J connectivity index is 1.92. The Hall–Kier alpha value is -2.93. The van der Waals surface area contributed by atoms with Crippen LogP contribution < -0.4 is 21.1 Å². The number of nitrogens with two attached hydrogens (primary N) is 1. The molecule has 0 aliphatic heterocycles. The lowest BCUT2D eigenvalue weighted by Gasteiger charge is -2.13. The molecule has 0 saturated heterocycles. The molecular weight excluding hydrogens is 374 g/mol. The van der Waals surface area contributed by atoms with Crippen LogP contribution in [0.25, 0.3) is 0 Å². The first-order chi connectivity index (χ1) is 13.5. The van der Waals surface area contributed by atoms with Gasteiger partial charge in [-0.15, -0.1) is 0 Å². The van der Waals surface area contributed by atoms with Crippen molar-refractivity contribution >= 4 is 34.8 Å². The van der Waals surface area contributed by atoms with Gasteiger partial charge < -0.3 is 15.8 Å². The van der Waals surface area contributed by atoms with Crippen molar-refractivity contribution < 1.29 is 14.3 Å². The molecule has 148 valence electrons. The van der Waals surface area contributed by atoms with Gasteiger partial charge in [-0.2, -0.15) is 0 Å². The molecule has 0 fully saturated rings. The number of unbranched alkanes of at least 4 members (excludes halogenated alkanes) is 3. The van der Waals surface area contributed by atoms with E-state index in [9.17, 15) is 9.59 Å². The van der Waals surface area contributed by atoms with Crippen LogP contribution in [0.1, 0.15) is 53.3 Å². The van der Waals surface area contributed by atoms with Crippen molar-refractivity contribution in [3.63, 3.8) is 0 Å². The van der Waals surface area contributed by atoms with Gasteiger partial charge in [0.25, 0.3) is 5.91 Å². The van der Waals surface area contributed by atoms with E-state index in [1.165, 1.54) is 6.42 Å². The lowest BCUT2D eigenvalue weighted by molar-refractivity contribution is 0.0971. The number of benzene rings is 2. The monoisotopic (exact) mass is 399 g/mol. The van der Waals surface area contributed by atoms with Crippen LogP contribution >= 0.6 is 12.2 Å². The molecule has 0 aromatic heterocycles. The number of nitrogens with one attached hydrogen (secondary N) is 2. The Morgan fingerprint density at radius 1 is 1.04 bits per heavy atom. The van der Waals surface area contributed by atoms with Crippen molar-refractivity contribution in [1.29, 1.82) is 0 Å². The Kier molecular flexibility index (Phi) is 8.42. The Morgan fingerprint density at radius 3 is 2.43 bits per heavy atom. The molecule has 0 unspecified atom stereocenters. The fourth-order valence-corrected chi connectivity index (χ4v) is 2.75. The molecule has 0 heterocycles. The van der Waals surface area contributed by atoms with Crippen LogP contribution in [-0.4, -0.2) is 23.5 Å². The van der Waals surface area contributed by atoms with Crippen LogP contribution in [0.4, 0.5) is 5.69 Å². The first-order valence-corrected chi connectivity index (χ1v) is 9.66. The Bertz CT molecular complexity index is 822. The third-order valence-electron chi connectivity index (χ3n) is 4.04. The van der Waals surface area contributed by atoms with Gasteiger partial charge in [0.15, 0.2) is 5.11 Å². The maximum absolute atomic E-state index is 12.6. The number of anilines is 1. The van der Waals surface area contributed by atoms with Crippen LogP contribution in [0.2, 0.25) is 0 Å². The summed E-state index contributed by atoms with van der Waals surface area (Å²) in [5.74, 6) is -0.325. The minimum Gasteiger partial charge on any atom is -0.493 e. The number of hydrogen-bond acceptors (Lipinski definition) is 4.